The number of aromatic nitrogens is 3. The summed E-state index contributed by atoms with van der Waals surface area (Å²) < 4.78 is 6.94. The molecule has 1 fully saturated rings. The Kier molecular flexibility index (Phi) is 3.47. The van der Waals surface area contributed by atoms with Gasteiger partial charge in [0.15, 0.2) is 0 Å². The predicted molar refractivity (Wildman–Crippen MR) is 75.6 cm³/mol. The normalized spacial score (nSPS) is 18.7. The van der Waals surface area contributed by atoms with Crippen LogP contribution in [0.3, 0.4) is 0 Å². The van der Waals surface area contributed by atoms with Crippen LogP contribution in [0.25, 0.3) is 4.96 Å². The Hall–Kier alpha value is -1.47. The standard InChI is InChI=1S/C13H18N4O2S/c1-9(10-6-17-12(16-10)20-8-14-17)15-11(18)13(7-19-2)4-3-5-13/h6,8-9H,3-5,7H2,1-2H3,(H,15,18)/t9-/m1/s1. The average Bonchev–Trinajstić information content (AvgIpc) is 2.93. The van der Waals surface area contributed by atoms with Crippen molar-refractivity contribution in [2.24, 2.45) is 5.41 Å². The maximum atomic E-state index is 12.4. The molecule has 1 aliphatic rings. The van der Waals surface area contributed by atoms with Gasteiger partial charge in [-0.1, -0.05) is 17.8 Å². The number of hydrogen-bond donors (Lipinski definition) is 1. The Morgan fingerprint density at radius 2 is 2.45 bits per heavy atom. The fourth-order valence-corrected chi connectivity index (χ4v) is 3.21. The highest BCUT2D eigenvalue weighted by Crippen LogP contribution is 2.41. The van der Waals surface area contributed by atoms with Crippen LogP contribution < -0.4 is 5.32 Å². The van der Waals surface area contributed by atoms with Crippen LogP contribution in [0.2, 0.25) is 0 Å². The minimum atomic E-state index is -0.335. The largest absolute Gasteiger partial charge is 0.384 e. The van der Waals surface area contributed by atoms with E-state index in [0.717, 1.165) is 29.9 Å². The Morgan fingerprint density at radius 3 is 3.05 bits per heavy atom. The fourth-order valence-electron chi connectivity index (χ4n) is 2.60. The fraction of sp³-hybridized carbons (Fsp3) is 0.615. The molecule has 3 rings (SSSR count). The minimum absolute atomic E-state index is 0.0717. The molecule has 0 bridgehead atoms. The van der Waals surface area contributed by atoms with Crippen molar-refractivity contribution in [1.29, 1.82) is 0 Å². The lowest BCUT2D eigenvalue weighted by molar-refractivity contribution is -0.141. The first kappa shape index (κ1) is 13.5. The Bertz CT molecular complexity index is 588. The first-order valence-electron chi connectivity index (χ1n) is 6.73. The highest BCUT2D eigenvalue weighted by atomic mass is 32.1. The second kappa shape index (κ2) is 5.14. The molecule has 7 heteroatoms. The summed E-state index contributed by atoms with van der Waals surface area (Å²) in [4.78, 5) is 17.8. The zero-order valence-electron chi connectivity index (χ0n) is 11.6. The van der Waals surface area contributed by atoms with Crippen LogP contribution in [0.1, 0.15) is 37.9 Å². The molecule has 108 valence electrons. The van der Waals surface area contributed by atoms with Crippen LogP contribution in [0.5, 0.6) is 0 Å². The number of amides is 1. The molecule has 2 aromatic heterocycles. The molecule has 2 heterocycles. The van der Waals surface area contributed by atoms with Crippen molar-refractivity contribution < 1.29 is 9.53 Å². The van der Waals surface area contributed by atoms with Crippen molar-refractivity contribution in [2.45, 2.75) is 32.2 Å². The van der Waals surface area contributed by atoms with Crippen LogP contribution in [0.4, 0.5) is 0 Å². The molecule has 0 unspecified atom stereocenters. The molecule has 0 aromatic carbocycles. The van der Waals surface area contributed by atoms with Gasteiger partial charge in [-0.2, -0.15) is 5.10 Å². The molecular formula is C13H18N4O2S. The number of fused-ring (bicyclic) bond motifs is 1. The van der Waals surface area contributed by atoms with Crippen molar-refractivity contribution in [1.82, 2.24) is 19.9 Å². The monoisotopic (exact) mass is 294 g/mol. The molecule has 1 saturated carbocycles. The SMILES string of the molecule is COCC1(C(=O)N[C@H](C)c2cn3ncsc3n2)CCC1. The topological polar surface area (TPSA) is 68.5 Å². The number of rotatable bonds is 5. The van der Waals surface area contributed by atoms with E-state index >= 15 is 0 Å². The van der Waals surface area contributed by atoms with Crippen molar-refractivity contribution in [2.75, 3.05) is 13.7 Å². The van der Waals surface area contributed by atoms with Gasteiger partial charge in [0.25, 0.3) is 0 Å². The Morgan fingerprint density at radius 1 is 1.65 bits per heavy atom. The third-order valence-electron chi connectivity index (χ3n) is 4.01. The van der Waals surface area contributed by atoms with Crippen molar-refractivity contribution in [3.05, 3.63) is 17.4 Å². The Labute approximate surface area is 121 Å². The highest BCUT2D eigenvalue weighted by Gasteiger charge is 2.44. The summed E-state index contributed by atoms with van der Waals surface area (Å²) in [6.45, 7) is 2.44. The molecule has 20 heavy (non-hydrogen) atoms. The van der Waals surface area contributed by atoms with E-state index in [9.17, 15) is 4.79 Å². The highest BCUT2D eigenvalue weighted by molar-refractivity contribution is 7.14. The number of methoxy groups -OCH3 is 1. The van der Waals surface area contributed by atoms with Gasteiger partial charge in [0.05, 0.1) is 30.0 Å². The van der Waals surface area contributed by atoms with E-state index in [4.69, 9.17) is 4.74 Å². The lowest BCUT2D eigenvalue weighted by Crippen LogP contribution is -2.49. The molecule has 1 N–H and O–H groups in total. The van der Waals surface area contributed by atoms with Crippen molar-refractivity contribution >= 4 is 22.2 Å². The van der Waals surface area contributed by atoms with E-state index < -0.39 is 0 Å². The molecule has 1 aliphatic carbocycles. The van der Waals surface area contributed by atoms with Crippen LogP contribution >= 0.6 is 11.3 Å². The van der Waals surface area contributed by atoms with Crippen LogP contribution in [0.15, 0.2) is 11.7 Å². The maximum Gasteiger partial charge on any atom is 0.229 e. The first-order valence-corrected chi connectivity index (χ1v) is 7.61. The second-order valence-corrected chi connectivity index (χ2v) is 6.21. The van der Waals surface area contributed by atoms with Gasteiger partial charge in [-0.15, -0.1) is 0 Å². The lowest BCUT2D eigenvalue weighted by atomic mass is 9.68. The summed E-state index contributed by atoms with van der Waals surface area (Å²) in [7, 11) is 1.64. The van der Waals surface area contributed by atoms with E-state index in [2.05, 4.69) is 15.4 Å². The molecule has 1 atom stereocenters. The molecule has 0 spiro atoms. The van der Waals surface area contributed by atoms with Crippen LogP contribution in [0, 0.1) is 5.41 Å². The summed E-state index contributed by atoms with van der Waals surface area (Å²) in [5.74, 6) is 0.0717. The number of carbonyl (C=O) groups is 1. The number of hydrogen-bond acceptors (Lipinski definition) is 5. The summed E-state index contributed by atoms with van der Waals surface area (Å²) in [6.07, 6.45) is 4.76. The van der Waals surface area contributed by atoms with Crippen molar-refractivity contribution in [3.63, 3.8) is 0 Å². The summed E-state index contributed by atoms with van der Waals surface area (Å²) >= 11 is 1.48. The van der Waals surface area contributed by atoms with E-state index in [0.29, 0.717) is 6.61 Å². The second-order valence-electron chi connectivity index (χ2n) is 5.39. The minimum Gasteiger partial charge on any atom is -0.384 e. The number of carbonyl (C=O) groups excluding carboxylic acids is 1. The van der Waals surface area contributed by atoms with Crippen LogP contribution in [-0.4, -0.2) is 34.2 Å². The van der Waals surface area contributed by atoms with E-state index in [1.54, 1.807) is 17.1 Å². The van der Waals surface area contributed by atoms with Crippen molar-refractivity contribution in [3.8, 4) is 0 Å². The van der Waals surface area contributed by atoms with E-state index in [1.807, 2.05) is 13.1 Å². The van der Waals surface area contributed by atoms with Gasteiger partial charge in [0.2, 0.25) is 10.9 Å². The molecular weight excluding hydrogens is 276 g/mol. The molecule has 0 aliphatic heterocycles. The average molecular weight is 294 g/mol. The molecule has 6 nitrogen and oxygen atoms in total. The molecule has 2 aromatic rings. The number of nitrogens with one attached hydrogen (secondary N) is 1. The lowest BCUT2D eigenvalue weighted by Gasteiger charge is -2.40. The molecule has 1 amide bonds. The summed E-state index contributed by atoms with van der Waals surface area (Å²) in [6, 6.07) is -0.120. The molecule has 0 radical (unpaired) electrons. The van der Waals surface area contributed by atoms with Gasteiger partial charge in [0.1, 0.15) is 5.51 Å². The van der Waals surface area contributed by atoms with E-state index in [1.165, 1.54) is 11.3 Å². The third-order valence-corrected chi connectivity index (χ3v) is 4.70. The summed E-state index contributed by atoms with van der Waals surface area (Å²) in [5.41, 5.74) is 2.25. The number of ether oxygens (including phenoxy) is 1. The number of imidazole rings is 1. The predicted octanol–water partition coefficient (Wildman–Crippen LogP) is 1.78. The van der Waals surface area contributed by atoms with Gasteiger partial charge in [-0.3, -0.25) is 4.79 Å². The smallest absolute Gasteiger partial charge is 0.229 e. The third kappa shape index (κ3) is 2.20. The van der Waals surface area contributed by atoms with Crippen LogP contribution in [-0.2, 0) is 9.53 Å². The zero-order valence-corrected chi connectivity index (χ0v) is 12.4. The van der Waals surface area contributed by atoms with Gasteiger partial charge in [0, 0.05) is 7.11 Å². The van der Waals surface area contributed by atoms with Gasteiger partial charge < -0.3 is 10.1 Å². The zero-order chi connectivity index (χ0) is 14.2. The van der Waals surface area contributed by atoms with Gasteiger partial charge in [-0.25, -0.2) is 9.50 Å². The first-order chi connectivity index (χ1) is 9.64. The maximum absolute atomic E-state index is 12.4. The quantitative estimate of drug-likeness (QED) is 0.912. The number of nitrogens with zero attached hydrogens (tertiary/aromatic N) is 3. The Balaban J connectivity index is 1.70. The van der Waals surface area contributed by atoms with Gasteiger partial charge >= 0.3 is 0 Å². The van der Waals surface area contributed by atoms with E-state index in [-0.39, 0.29) is 17.4 Å². The molecule has 0 saturated heterocycles. The summed E-state index contributed by atoms with van der Waals surface area (Å²) in [5, 5.41) is 7.20. The van der Waals surface area contributed by atoms with Gasteiger partial charge in [-0.05, 0) is 19.8 Å².